The van der Waals surface area contributed by atoms with Gasteiger partial charge < -0.3 is 29.4 Å². The Balaban J connectivity index is 1.76. The van der Waals surface area contributed by atoms with Gasteiger partial charge in [-0.15, -0.1) is 0 Å². The Morgan fingerprint density at radius 1 is 0.750 bits per heavy atom. The van der Waals surface area contributed by atoms with Crippen molar-refractivity contribution in [3.05, 3.63) is 100 Å². The minimum absolute atomic E-state index is 0.0190. The van der Waals surface area contributed by atoms with Crippen LogP contribution >= 0.6 is 0 Å². The third-order valence-corrected chi connectivity index (χ3v) is 6.88. The fraction of sp³-hybridized carbons (Fsp3) is 0.375. The number of benzene rings is 3. The molecule has 3 aromatic rings. The molecule has 0 saturated carbocycles. The zero-order valence-corrected chi connectivity index (χ0v) is 23.4. The summed E-state index contributed by atoms with van der Waals surface area (Å²) in [5.41, 5.74) is 4.03. The van der Waals surface area contributed by atoms with Crippen molar-refractivity contribution in [1.29, 1.82) is 0 Å². The third kappa shape index (κ3) is 6.26. The van der Waals surface area contributed by atoms with E-state index in [9.17, 15) is 14.7 Å². The lowest BCUT2D eigenvalue weighted by atomic mass is 9.77. The summed E-state index contributed by atoms with van der Waals surface area (Å²) >= 11 is 0. The maximum absolute atomic E-state index is 14.1. The topological polar surface area (TPSA) is 103 Å². The summed E-state index contributed by atoms with van der Waals surface area (Å²) in [4.78, 5) is 26.1. The van der Waals surface area contributed by atoms with Gasteiger partial charge in [0.05, 0.1) is 23.1 Å². The third-order valence-electron chi connectivity index (χ3n) is 6.88. The molecule has 4 rings (SSSR count). The normalized spacial score (nSPS) is 16.7. The number of carbonyl (C=O) groups excluding carboxylic acids is 1. The van der Waals surface area contributed by atoms with Gasteiger partial charge >= 0.3 is 5.97 Å². The van der Waals surface area contributed by atoms with E-state index in [0.717, 1.165) is 22.3 Å². The second-order valence-corrected chi connectivity index (χ2v) is 9.32. The number of carboxylic acids is 1. The van der Waals surface area contributed by atoms with Crippen molar-refractivity contribution in [2.75, 3.05) is 31.7 Å². The lowest BCUT2D eigenvalue weighted by Gasteiger charge is -2.35. The van der Waals surface area contributed by atoms with Crippen molar-refractivity contribution in [2.45, 2.75) is 52.2 Å². The molecule has 0 bridgehead atoms. The molecule has 2 atom stereocenters. The van der Waals surface area contributed by atoms with Crippen LogP contribution in [0.3, 0.4) is 0 Å². The lowest BCUT2D eigenvalue weighted by Crippen LogP contribution is -2.33. The molecule has 0 aromatic heterocycles. The molecule has 40 heavy (non-hydrogen) atoms. The number of carboxylic acid groups (broad SMARTS) is 1. The van der Waals surface area contributed by atoms with Crippen LogP contribution in [0.25, 0.3) is 0 Å². The monoisotopic (exact) mass is 547 g/mol. The number of aromatic carboxylic acids is 1. The maximum atomic E-state index is 14.1. The molecule has 1 heterocycles. The molecule has 8 heteroatoms. The highest BCUT2D eigenvalue weighted by atomic mass is 16.7. The Kier molecular flexibility index (Phi) is 10.1. The summed E-state index contributed by atoms with van der Waals surface area (Å²) in [6.07, 6.45) is -0.980. The molecule has 2 N–H and O–H groups in total. The van der Waals surface area contributed by atoms with E-state index in [1.165, 1.54) is 6.07 Å². The highest BCUT2D eigenvalue weighted by molar-refractivity contribution is 6.14. The number of anilines is 1. The van der Waals surface area contributed by atoms with Crippen LogP contribution < -0.4 is 5.32 Å². The minimum atomic E-state index is -1.14. The first-order chi connectivity index (χ1) is 19.4. The second-order valence-electron chi connectivity index (χ2n) is 9.32. The molecule has 2 unspecified atom stereocenters. The van der Waals surface area contributed by atoms with Gasteiger partial charge in [-0.05, 0) is 51.0 Å². The van der Waals surface area contributed by atoms with Gasteiger partial charge in [-0.1, -0.05) is 54.6 Å². The molecule has 1 aliphatic rings. The minimum Gasteiger partial charge on any atom is -0.478 e. The molecule has 0 radical (unpaired) electrons. The SMILES string of the molecule is CCOC(OCC)c1ccc(C2Nc3cccc(C(=O)O)c3C(=O)C2c2ccc(C(OCC)OCC)cc2)cc1. The van der Waals surface area contributed by atoms with E-state index in [2.05, 4.69) is 5.32 Å². The number of carbonyl (C=O) groups is 2. The predicted molar refractivity (Wildman–Crippen MR) is 152 cm³/mol. The maximum Gasteiger partial charge on any atom is 0.336 e. The largest absolute Gasteiger partial charge is 0.478 e. The van der Waals surface area contributed by atoms with E-state index < -0.39 is 30.5 Å². The van der Waals surface area contributed by atoms with E-state index in [1.807, 2.05) is 76.2 Å². The van der Waals surface area contributed by atoms with Crippen molar-refractivity contribution < 1.29 is 33.6 Å². The van der Waals surface area contributed by atoms with Crippen LogP contribution in [0.4, 0.5) is 5.69 Å². The summed E-state index contributed by atoms with van der Waals surface area (Å²) in [5, 5.41) is 13.3. The number of hydrogen-bond donors (Lipinski definition) is 2. The Morgan fingerprint density at radius 2 is 1.23 bits per heavy atom. The van der Waals surface area contributed by atoms with Crippen molar-refractivity contribution in [2.24, 2.45) is 0 Å². The molecule has 212 valence electrons. The summed E-state index contributed by atoms with van der Waals surface area (Å²) in [6.45, 7) is 9.67. The second kappa shape index (κ2) is 13.7. The van der Waals surface area contributed by atoms with Gasteiger partial charge in [0.25, 0.3) is 0 Å². The van der Waals surface area contributed by atoms with Crippen molar-refractivity contribution in [1.82, 2.24) is 0 Å². The first-order valence-corrected chi connectivity index (χ1v) is 13.8. The smallest absolute Gasteiger partial charge is 0.336 e. The highest BCUT2D eigenvalue weighted by Gasteiger charge is 2.39. The number of rotatable bonds is 13. The summed E-state index contributed by atoms with van der Waals surface area (Å²) in [7, 11) is 0. The fourth-order valence-corrected chi connectivity index (χ4v) is 5.10. The molecule has 0 spiro atoms. The van der Waals surface area contributed by atoms with Gasteiger partial charge in [-0.2, -0.15) is 0 Å². The molecule has 0 amide bonds. The summed E-state index contributed by atoms with van der Waals surface area (Å²) < 4.78 is 22.9. The quantitative estimate of drug-likeness (QED) is 0.229. The predicted octanol–water partition coefficient (Wildman–Crippen LogP) is 6.66. The number of ether oxygens (including phenoxy) is 4. The standard InChI is InChI=1S/C32H37NO7/c1-5-37-31(38-6-2)22-16-12-20(13-17-22)26-28(21-14-18-23(19-15-21)32(39-7-3)40-8-4)33-25-11-9-10-24(30(35)36)27(25)29(26)34/h9-19,26,28,31-33H,5-8H2,1-4H3,(H,35,36). The van der Waals surface area contributed by atoms with Gasteiger partial charge in [0, 0.05) is 43.2 Å². The Morgan fingerprint density at radius 3 is 1.68 bits per heavy atom. The highest BCUT2D eigenvalue weighted by Crippen LogP contribution is 2.44. The zero-order valence-electron chi connectivity index (χ0n) is 23.4. The van der Waals surface area contributed by atoms with Crippen molar-refractivity contribution >= 4 is 17.4 Å². The molecule has 1 aliphatic heterocycles. The lowest BCUT2D eigenvalue weighted by molar-refractivity contribution is -0.140. The van der Waals surface area contributed by atoms with E-state index in [1.54, 1.807) is 12.1 Å². The molecule has 8 nitrogen and oxygen atoms in total. The zero-order chi connectivity index (χ0) is 28.6. The van der Waals surface area contributed by atoms with E-state index in [4.69, 9.17) is 18.9 Å². The van der Waals surface area contributed by atoms with Crippen LogP contribution in [-0.4, -0.2) is 43.3 Å². The molecular formula is C32H37NO7. The number of fused-ring (bicyclic) bond motifs is 1. The molecular weight excluding hydrogens is 510 g/mol. The van der Waals surface area contributed by atoms with Gasteiger partial charge in [-0.3, -0.25) is 4.79 Å². The first-order valence-electron chi connectivity index (χ1n) is 13.8. The Labute approximate surface area is 235 Å². The van der Waals surface area contributed by atoms with E-state index in [-0.39, 0.29) is 16.9 Å². The van der Waals surface area contributed by atoms with Crippen LogP contribution in [0, 0.1) is 0 Å². The van der Waals surface area contributed by atoms with E-state index >= 15 is 0 Å². The molecule has 3 aromatic carbocycles. The first kappa shape index (κ1) is 29.4. The van der Waals surface area contributed by atoms with Crippen LogP contribution in [0.2, 0.25) is 0 Å². The van der Waals surface area contributed by atoms with E-state index in [0.29, 0.717) is 32.1 Å². The van der Waals surface area contributed by atoms with Gasteiger partial charge in [0.1, 0.15) is 0 Å². The summed E-state index contributed by atoms with van der Waals surface area (Å²) in [6, 6.07) is 19.8. The van der Waals surface area contributed by atoms with Crippen LogP contribution in [0.15, 0.2) is 66.7 Å². The number of nitrogens with one attached hydrogen (secondary N) is 1. The van der Waals surface area contributed by atoms with Gasteiger partial charge in [0.15, 0.2) is 18.4 Å². The number of hydrogen-bond acceptors (Lipinski definition) is 7. The van der Waals surface area contributed by atoms with Crippen LogP contribution in [-0.2, 0) is 18.9 Å². The Bertz CT molecular complexity index is 1280. The molecule has 0 saturated heterocycles. The van der Waals surface area contributed by atoms with Crippen LogP contribution in [0.5, 0.6) is 0 Å². The fourth-order valence-electron chi connectivity index (χ4n) is 5.10. The number of ketones is 1. The number of Topliss-reactive ketones (excluding diaryl/α,β-unsaturated/α-hetero) is 1. The van der Waals surface area contributed by atoms with Crippen molar-refractivity contribution in [3.63, 3.8) is 0 Å². The summed E-state index contributed by atoms with van der Waals surface area (Å²) in [5.74, 6) is -2.06. The average Bonchev–Trinajstić information content (AvgIpc) is 2.97. The molecule has 0 fully saturated rings. The average molecular weight is 548 g/mol. The van der Waals surface area contributed by atoms with Crippen molar-refractivity contribution in [3.8, 4) is 0 Å². The van der Waals surface area contributed by atoms with Crippen LogP contribution in [0.1, 0.15) is 95.2 Å². The van der Waals surface area contributed by atoms with Gasteiger partial charge in [-0.25, -0.2) is 4.79 Å². The molecule has 0 aliphatic carbocycles. The Hall–Kier alpha value is -3.56. The van der Waals surface area contributed by atoms with Gasteiger partial charge in [0.2, 0.25) is 0 Å².